The molecule has 1 atom stereocenters. The van der Waals surface area contributed by atoms with Crippen LogP contribution in [0.5, 0.6) is 5.75 Å². The third kappa shape index (κ3) is 4.90. The Balaban J connectivity index is 2.70. The third-order valence-electron chi connectivity index (χ3n) is 2.41. The molecular weight excluding hydrogens is 314 g/mol. The average molecular weight is 330 g/mol. The third-order valence-corrected chi connectivity index (χ3v) is 2.90. The number of nitrogens with one attached hydrogen (secondary N) is 1. The first-order valence-electron chi connectivity index (χ1n) is 5.68. The monoisotopic (exact) mass is 329 g/mol. The van der Waals surface area contributed by atoms with Crippen molar-refractivity contribution in [2.45, 2.75) is 19.9 Å². The maximum atomic E-state index is 11.5. The zero-order valence-corrected chi connectivity index (χ0v) is 12.6. The van der Waals surface area contributed by atoms with Crippen molar-refractivity contribution in [3.8, 4) is 5.75 Å². The van der Waals surface area contributed by atoms with Crippen LogP contribution in [0.15, 0.2) is 22.7 Å². The van der Waals surface area contributed by atoms with Crippen LogP contribution in [0.2, 0.25) is 0 Å². The van der Waals surface area contributed by atoms with Crippen LogP contribution in [0.4, 0.5) is 0 Å². The molecule has 5 nitrogen and oxygen atoms in total. The molecule has 1 aromatic carbocycles. The predicted octanol–water partition coefficient (Wildman–Crippen LogP) is 1.81. The van der Waals surface area contributed by atoms with Crippen LogP contribution in [0, 0.1) is 6.92 Å². The van der Waals surface area contributed by atoms with E-state index in [4.69, 9.17) is 4.74 Å². The van der Waals surface area contributed by atoms with Gasteiger partial charge in [-0.15, -0.1) is 0 Å². The molecule has 0 radical (unpaired) electrons. The van der Waals surface area contributed by atoms with E-state index in [9.17, 15) is 9.59 Å². The number of benzene rings is 1. The van der Waals surface area contributed by atoms with E-state index in [1.165, 1.54) is 14.0 Å². The van der Waals surface area contributed by atoms with E-state index >= 15 is 0 Å². The summed E-state index contributed by atoms with van der Waals surface area (Å²) < 4.78 is 11.1. The SMILES string of the molecule is COC(=O)C(COc1ccc(Br)cc1C)NC(C)=O. The maximum Gasteiger partial charge on any atom is 0.331 e. The summed E-state index contributed by atoms with van der Waals surface area (Å²) in [6.45, 7) is 3.25. The van der Waals surface area contributed by atoms with Gasteiger partial charge in [-0.2, -0.15) is 0 Å². The summed E-state index contributed by atoms with van der Waals surface area (Å²) in [5, 5.41) is 2.48. The van der Waals surface area contributed by atoms with Crippen LogP contribution in [0.25, 0.3) is 0 Å². The Hall–Kier alpha value is -1.56. The van der Waals surface area contributed by atoms with E-state index in [0.29, 0.717) is 5.75 Å². The van der Waals surface area contributed by atoms with Gasteiger partial charge in [0.25, 0.3) is 0 Å². The number of methoxy groups -OCH3 is 1. The second-order valence-corrected chi connectivity index (χ2v) is 4.91. The van der Waals surface area contributed by atoms with E-state index in [0.717, 1.165) is 10.0 Å². The highest BCUT2D eigenvalue weighted by Crippen LogP contribution is 2.22. The molecule has 0 aliphatic carbocycles. The van der Waals surface area contributed by atoms with Crippen molar-refractivity contribution in [3.05, 3.63) is 28.2 Å². The zero-order valence-electron chi connectivity index (χ0n) is 11.0. The highest BCUT2D eigenvalue weighted by molar-refractivity contribution is 9.10. The topological polar surface area (TPSA) is 64.6 Å². The molecule has 19 heavy (non-hydrogen) atoms. The summed E-state index contributed by atoms with van der Waals surface area (Å²) in [7, 11) is 1.27. The quantitative estimate of drug-likeness (QED) is 0.837. The molecule has 104 valence electrons. The van der Waals surface area contributed by atoms with E-state index in [2.05, 4.69) is 26.0 Å². The average Bonchev–Trinajstić information content (AvgIpc) is 2.34. The zero-order chi connectivity index (χ0) is 14.4. The summed E-state index contributed by atoms with van der Waals surface area (Å²) in [6.07, 6.45) is 0. The summed E-state index contributed by atoms with van der Waals surface area (Å²) in [6, 6.07) is 4.72. The molecule has 1 unspecified atom stereocenters. The van der Waals surface area contributed by atoms with E-state index in [1.54, 1.807) is 6.07 Å². The Bertz CT molecular complexity index is 476. The molecule has 1 amide bonds. The van der Waals surface area contributed by atoms with E-state index in [-0.39, 0.29) is 12.5 Å². The number of carbonyl (C=O) groups excluding carboxylic acids is 2. The molecule has 0 fully saturated rings. The van der Waals surface area contributed by atoms with E-state index in [1.807, 2.05) is 19.1 Å². The van der Waals surface area contributed by atoms with Gasteiger partial charge in [0, 0.05) is 11.4 Å². The minimum absolute atomic E-state index is 0.0225. The minimum Gasteiger partial charge on any atom is -0.491 e. The number of rotatable bonds is 5. The van der Waals surface area contributed by atoms with Crippen molar-refractivity contribution in [1.82, 2.24) is 5.32 Å². The van der Waals surface area contributed by atoms with Gasteiger partial charge < -0.3 is 14.8 Å². The molecule has 0 spiro atoms. The number of aryl methyl sites for hydroxylation is 1. The highest BCUT2D eigenvalue weighted by atomic mass is 79.9. The Morgan fingerprint density at radius 1 is 1.42 bits per heavy atom. The van der Waals surface area contributed by atoms with Crippen LogP contribution in [-0.4, -0.2) is 31.6 Å². The number of esters is 1. The second-order valence-electron chi connectivity index (χ2n) is 4.00. The van der Waals surface area contributed by atoms with E-state index < -0.39 is 12.0 Å². The smallest absolute Gasteiger partial charge is 0.331 e. The number of amides is 1. The van der Waals surface area contributed by atoms with Crippen LogP contribution in [0.1, 0.15) is 12.5 Å². The van der Waals surface area contributed by atoms with Gasteiger partial charge in [-0.25, -0.2) is 4.79 Å². The summed E-state index contributed by atoms with van der Waals surface area (Å²) >= 11 is 3.36. The minimum atomic E-state index is -0.814. The van der Waals surface area contributed by atoms with Crippen LogP contribution < -0.4 is 10.1 Å². The number of halogens is 1. The number of ether oxygens (including phenoxy) is 2. The molecule has 1 rings (SSSR count). The molecule has 0 heterocycles. The van der Waals surface area contributed by atoms with Crippen LogP contribution in [0.3, 0.4) is 0 Å². The number of hydrogen-bond donors (Lipinski definition) is 1. The Morgan fingerprint density at radius 2 is 2.11 bits per heavy atom. The fourth-order valence-corrected chi connectivity index (χ4v) is 1.98. The highest BCUT2D eigenvalue weighted by Gasteiger charge is 2.21. The Kier molecular flexibility index (Phi) is 5.82. The first kappa shape index (κ1) is 15.5. The van der Waals surface area contributed by atoms with Gasteiger partial charge >= 0.3 is 5.97 Å². The molecule has 0 saturated heterocycles. The fourth-order valence-electron chi connectivity index (χ4n) is 1.50. The summed E-state index contributed by atoms with van der Waals surface area (Å²) in [5.41, 5.74) is 0.931. The van der Waals surface area contributed by atoms with Crippen LogP contribution >= 0.6 is 15.9 Å². The molecule has 1 N–H and O–H groups in total. The van der Waals surface area contributed by atoms with Crippen molar-refractivity contribution in [3.63, 3.8) is 0 Å². The Labute approximate surface area is 120 Å². The Morgan fingerprint density at radius 3 is 2.63 bits per heavy atom. The fraction of sp³-hybridized carbons (Fsp3) is 0.385. The molecule has 0 aliphatic rings. The predicted molar refractivity (Wildman–Crippen MR) is 74.0 cm³/mol. The lowest BCUT2D eigenvalue weighted by Gasteiger charge is -2.17. The lowest BCUT2D eigenvalue weighted by atomic mass is 10.2. The molecule has 0 bridgehead atoms. The molecule has 1 aromatic rings. The second kappa shape index (κ2) is 7.13. The van der Waals surface area contributed by atoms with Crippen LogP contribution in [-0.2, 0) is 14.3 Å². The molecule has 0 aromatic heterocycles. The summed E-state index contributed by atoms with van der Waals surface area (Å²) in [5.74, 6) is -0.195. The normalized spacial score (nSPS) is 11.6. The first-order valence-corrected chi connectivity index (χ1v) is 6.47. The molecular formula is C13H16BrNO4. The summed E-state index contributed by atoms with van der Waals surface area (Å²) in [4.78, 5) is 22.5. The van der Waals surface area contributed by atoms with Gasteiger partial charge in [-0.05, 0) is 30.7 Å². The standard InChI is InChI=1S/C13H16BrNO4/c1-8-6-10(14)4-5-12(8)19-7-11(13(17)18-3)15-9(2)16/h4-6,11H,7H2,1-3H3,(H,15,16). The van der Waals surface area contributed by atoms with Gasteiger partial charge in [0.2, 0.25) is 5.91 Å². The largest absolute Gasteiger partial charge is 0.491 e. The van der Waals surface area contributed by atoms with Gasteiger partial charge in [0.15, 0.2) is 6.04 Å². The molecule has 6 heteroatoms. The van der Waals surface area contributed by atoms with Gasteiger partial charge in [0.1, 0.15) is 12.4 Å². The molecule has 0 aliphatic heterocycles. The van der Waals surface area contributed by atoms with Crippen molar-refractivity contribution in [2.24, 2.45) is 0 Å². The molecule has 0 saturated carbocycles. The lowest BCUT2D eigenvalue weighted by molar-refractivity contribution is -0.145. The first-order chi connectivity index (χ1) is 8.93. The number of carbonyl (C=O) groups is 2. The van der Waals surface area contributed by atoms with Gasteiger partial charge in [0.05, 0.1) is 7.11 Å². The van der Waals surface area contributed by atoms with Crippen molar-refractivity contribution >= 4 is 27.8 Å². The van der Waals surface area contributed by atoms with Crippen molar-refractivity contribution in [1.29, 1.82) is 0 Å². The maximum absolute atomic E-state index is 11.5. The van der Waals surface area contributed by atoms with Crippen molar-refractivity contribution in [2.75, 3.05) is 13.7 Å². The number of hydrogen-bond acceptors (Lipinski definition) is 4. The van der Waals surface area contributed by atoms with Gasteiger partial charge in [-0.3, -0.25) is 4.79 Å². The van der Waals surface area contributed by atoms with Crippen molar-refractivity contribution < 1.29 is 19.1 Å². The lowest BCUT2D eigenvalue weighted by Crippen LogP contribution is -2.44. The van der Waals surface area contributed by atoms with Gasteiger partial charge in [-0.1, -0.05) is 15.9 Å².